The van der Waals surface area contributed by atoms with Crippen LogP contribution in [0.25, 0.3) is 0 Å². The Labute approximate surface area is 169 Å². The first-order chi connectivity index (χ1) is 13.3. The molecule has 0 spiro atoms. The summed E-state index contributed by atoms with van der Waals surface area (Å²) in [7, 11) is 0. The Morgan fingerprint density at radius 1 is 1.07 bits per heavy atom. The molecule has 0 aromatic heterocycles. The van der Waals surface area contributed by atoms with Gasteiger partial charge in [0.1, 0.15) is 5.78 Å². The lowest BCUT2D eigenvalue weighted by Gasteiger charge is -2.63. The van der Waals surface area contributed by atoms with Crippen molar-refractivity contribution in [2.24, 2.45) is 40.4 Å². The van der Waals surface area contributed by atoms with E-state index < -0.39 is 5.60 Å². The maximum atomic E-state index is 12.9. The Bertz CT molecular complexity index is 670. The summed E-state index contributed by atoms with van der Waals surface area (Å²) in [5.74, 6) is 1.91. The third-order valence-electron chi connectivity index (χ3n) is 10.1. The average Bonchev–Trinajstić information content (AvgIpc) is 3.28. The molecule has 1 N–H and O–H groups in total. The monoisotopic (exact) mass is 388 g/mol. The number of hydrogen-bond donors (Lipinski definition) is 1. The van der Waals surface area contributed by atoms with Gasteiger partial charge in [-0.05, 0) is 74.0 Å². The molecule has 0 aromatic rings. The van der Waals surface area contributed by atoms with E-state index in [1.807, 2.05) is 0 Å². The molecule has 5 aliphatic rings. The van der Waals surface area contributed by atoms with Crippen LogP contribution in [0.1, 0.15) is 65.2 Å². The molecular formula is C24H36O4. The molecule has 0 radical (unpaired) electrons. The van der Waals surface area contributed by atoms with Crippen molar-refractivity contribution in [3.8, 4) is 0 Å². The van der Waals surface area contributed by atoms with Crippen LogP contribution in [0.15, 0.2) is 12.7 Å². The van der Waals surface area contributed by atoms with Crippen molar-refractivity contribution in [1.82, 2.24) is 0 Å². The Kier molecular flexibility index (Phi) is 4.40. The van der Waals surface area contributed by atoms with Gasteiger partial charge in [-0.25, -0.2) is 0 Å². The van der Waals surface area contributed by atoms with E-state index >= 15 is 0 Å². The van der Waals surface area contributed by atoms with E-state index in [4.69, 9.17) is 9.47 Å². The lowest BCUT2D eigenvalue weighted by molar-refractivity contribution is -0.212. The molecule has 5 rings (SSSR count). The molecule has 8 atom stereocenters. The Morgan fingerprint density at radius 2 is 1.82 bits per heavy atom. The van der Waals surface area contributed by atoms with E-state index in [0.29, 0.717) is 49.1 Å². The summed E-state index contributed by atoms with van der Waals surface area (Å²) in [5, 5.41) is 12.0. The molecule has 156 valence electrons. The van der Waals surface area contributed by atoms with Crippen molar-refractivity contribution >= 4 is 5.78 Å². The molecule has 0 amide bonds. The van der Waals surface area contributed by atoms with Crippen molar-refractivity contribution in [2.45, 2.75) is 77.1 Å². The Balaban J connectivity index is 1.46. The number of ketones is 1. The fourth-order valence-corrected chi connectivity index (χ4v) is 8.41. The van der Waals surface area contributed by atoms with Crippen LogP contribution in [0, 0.1) is 40.4 Å². The van der Waals surface area contributed by atoms with E-state index in [9.17, 15) is 9.90 Å². The van der Waals surface area contributed by atoms with Crippen LogP contribution < -0.4 is 0 Å². The zero-order valence-corrected chi connectivity index (χ0v) is 17.5. The summed E-state index contributed by atoms with van der Waals surface area (Å²) in [4.78, 5) is 12.9. The standard InChI is InChI=1S/C24H36O4/c1-4-15-7-10-24(26)19-6-5-16-13-20(25)17(21-27-11-12-28-21)14-22(16,2)18(19)8-9-23(15,24)3/h4,15-19,21,26H,1,5-14H2,2-3H3/t15-,16+,17?,18-,19+,22-,23+,24-/m0/s1. The predicted octanol–water partition coefficient (Wildman–Crippen LogP) is 4.11. The fraction of sp³-hybridized carbons (Fsp3) is 0.875. The quantitative estimate of drug-likeness (QED) is 0.723. The van der Waals surface area contributed by atoms with Crippen molar-refractivity contribution in [3.05, 3.63) is 12.7 Å². The third-order valence-corrected chi connectivity index (χ3v) is 10.1. The molecule has 1 saturated heterocycles. The van der Waals surface area contributed by atoms with E-state index in [2.05, 4.69) is 26.5 Å². The molecule has 5 fully saturated rings. The van der Waals surface area contributed by atoms with Gasteiger partial charge in [0.25, 0.3) is 0 Å². The van der Waals surface area contributed by atoms with Gasteiger partial charge in [-0.2, -0.15) is 0 Å². The van der Waals surface area contributed by atoms with Crippen molar-refractivity contribution in [3.63, 3.8) is 0 Å². The van der Waals surface area contributed by atoms with Crippen LogP contribution in [0.3, 0.4) is 0 Å². The van der Waals surface area contributed by atoms with Crippen LogP contribution in [-0.4, -0.2) is 36.0 Å². The van der Waals surface area contributed by atoms with Gasteiger partial charge in [-0.15, -0.1) is 6.58 Å². The zero-order valence-electron chi connectivity index (χ0n) is 17.5. The lowest BCUT2D eigenvalue weighted by atomic mass is 9.42. The molecule has 4 saturated carbocycles. The van der Waals surface area contributed by atoms with Gasteiger partial charge in [-0.1, -0.05) is 19.9 Å². The van der Waals surface area contributed by atoms with Gasteiger partial charge in [0.2, 0.25) is 0 Å². The number of allylic oxidation sites excluding steroid dienone is 1. The summed E-state index contributed by atoms with van der Waals surface area (Å²) >= 11 is 0. The summed E-state index contributed by atoms with van der Waals surface area (Å²) < 4.78 is 11.5. The molecule has 4 nitrogen and oxygen atoms in total. The van der Waals surface area contributed by atoms with Crippen molar-refractivity contribution in [2.75, 3.05) is 13.2 Å². The van der Waals surface area contributed by atoms with Crippen LogP contribution >= 0.6 is 0 Å². The highest BCUT2D eigenvalue weighted by molar-refractivity contribution is 5.82. The van der Waals surface area contributed by atoms with Gasteiger partial charge < -0.3 is 14.6 Å². The molecule has 0 bridgehead atoms. The Hall–Kier alpha value is -0.710. The molecule has 1 heterocycles. The second kappa shape index (κ2) is 6.39. The first-order valence-electron chi connectivity index (χ1n) is 11.4. The van der Waals surface area contributed by atoms with Crippen LogP contribution in [0.5, 0.6) is 0 Å². The average molecular weight is 389 g/mol. The van der Waals surface area contributed by atoms with E-state index in [0.717, 1.165) is 44.9 Å². The molecule has 4 aliphatic carbocycles. The number of hydrogen-bond acceptors (Lipinski definition) is 4. The highest BCUT2D eigenvalue weighted by Crippen LogP contribution is 2.69. The molecule has 1 aliphatic heterocycles. The fourth-order valence-electron chi connectivity index (χ4n) is 8.41. The van der Waals surface area contributed by atoms with Gasteiger partial charge in [0.15, 0.2) is 6.29 Å². The second-order valence-corrected chi connectivity index (χ2v) is 10.8. The third kappa shape index (κ3) is 2.37. The van der Waals surface area contributed by atoms with Crippen molar-refractivity contribution in [1.29, 1.82) is 0 Å². The number of fused-ring (bicyclic) bond motifs is 5. The number of rotatable bonds is 2. The maximum Gasteiger partial charge on any atom is 0.167 e. The second-order valence-electron chi connectivity index (χ2n) is 10.8. The zero-order chi connectivity index (χ0) is 19.7. The largest absolute Gasteiger partial charge is 0.389 e. The number of carbonyl (C=O) groups excluding carboxylic acids is 1. The summed E-state index contributed by atoms with van der Waals surface area (Å²) in [6, 6.07) is 0. The molecule has 0 aromatic carbocycles. The first-order valence-corrected chi connectivity index (χ1v) is 11.4. The van der Waals surface area contributed by atoms with Gasteiger partial charge in [0.05, 0.1) is 24.7 Å². The lowest BCUT2D eigenvalue weighted by Crippen LogP contribution is -2.63. The minimum atomic E-state index is -0.583. The highest BCUT2D eigenvalue weighted by Gasteiger charge is 2.67. The number of Topliss-reactive ketones (excluding diaryl/α,β-unsaturated/α-hetero) is 1. The summed E-state index contributed by atoms with van der Waals surface area (Å²) in [6.45, 7) is 10.00. The van der Waals surface area contributed by atoms with E-state index in [1.54, 1.807) is 0 Å². The van der Waals surface area contributed by atoms with E-state index in [-0.39, 0.29) is 23.0 Å². The molecular weight excluding hydrogens is 352 g/mol. The van der Waals surface area contributed by atoms with Gasteiger partial charge in [-0.3, -0.25) is 4.79 Å². The van der Waals surface area contributed by atoms with Gasteiger partial charge >= 0.3 is 0 Å². The highest BCUT2D eigenvalue weighted by atomic mass is 16.7. The number of aliphatic hydroxyl groups is 1. The predicted molar refractivity (Wildman–Crippen MR) is 106 cm³/mol. The minimum Gasteiger partial charge on any atom is -0.389 e. The Morgan fingerprint density at radius 3 is 2.54 bits per heavy atom. The maximum absolute atomic E-state index is 12.9. The van der Waals surface area contributed by atoms with E-state index in [1.165, 1.54) is 0 Å². The summed E-state index contributed by atoms with van der Waals surface area (Å²) in [6.07, 6.45) is 9.60. The molecule has 1 unspecified atom stereocenters. The SMILES string of the molecule is C=C[C@H]1CC[C@]2(O)[C@@H]3CC[C@@H]4CC(=O)C(C5OCCO5)C[C@]4(C)[C@H]3CC[C@]12C. The minimum absolute atomic E-state index is 0.0410. The first kappa shape index (κ1) is 19.3. The smallest absolute Gasteiger partial charge is 0.167 e. The van der Waals surface area contributed by atoms with Crippen LogP contribution in [-0.2, 0) is 14.3 Å². The van der Waals surface area contributed by atoms with Gasteiger partial charge in [0, 0.05) is 11.8 Å². The number of ether oxygens (including phenoxy) is 2. The van der Waals surface area contributed by atoms with Crippen LogP contribution in [0.4, 0.5) is 0 Å². The van der Waals surface area contributed by atoms with Crippen LogP contribution in [0.2, 0.25) is 0 Å². The number of carbonyl (C=O) groups is 1. The summed E-state index contributed by atoms with van der Waals surface area (Å²) in [5.41, 5.74) is -0.527. The normalized spacial score (nSPS) is 54.1. The molecule has 28 heavy (non-hydrogen) atoms. The topological polar surface area (TPSA) is 55.8 Å². The molecule has 4 heteroatoms. The van der Waals surface area contributed by atoms with Crippen molar-refractivity contribution < 1.29 is 19.4 Å².